The number of nitrogens with one attached hydrogen (secondary N) is 1. The molecule has 0 fully saturated rings. The average Bonchev–Trinajstić information content (AvgIpc) is 2.88. The fourth-order valence-corrected chi connectivity index (χ4v) is 1.66. The van der Waals surface area contributed by atoms with Gasteiger partial charge in [-0.25, -0.2) is 0 Å². The van der Waals surface area contributed by atoms with Crippen molar-refractivity contribution in [2.75, 3.05) is 11.9 Å². The van der Waals surface area contributed by atoms with Crippen LogP contribution in [0.15, 0.2) is 28.7 Å². The Balaban J connectivity index is 2.06. The van der Waals surface area contributed by atoms with Crippen molar-refractivity contribution in [3.05, 3.63) is 24.3 Å². The Labute approximate surface area is 117 Å². The van der Waals surface area contributed by atoms with Crippen LogP contribution in [0.1, 0.15) is 26.7 Å². The van der Waals surface area contributed by atoms with Crippen molar-refractivity contribution in [2.45, 2.75) is 26.7 Å². The van der Waals surface area contributed by atoms with Gasteiger partial charge in [-0.2, -0.15) is 0 Å². The Morgan fingerprint density at radius 3 is 2.65 bits per heavy atom. The highest BCUT2D eigenvalue weighted by Crippen LogP contribution is 2.22. The molecule has 0 spiro atoms. The molecule has 0 radical (unpaired) electrons. The SMILES string of the molecule is CCCC(=O)Nc1nnc(-c2ccc(OCC)cc2)o1. The predicted molar refractivity (Wildman–Crippen MR) is 74.4 cm³/mol. The maximum Gasteiger partial charge on any atom is 0.322 e. The zero-order valence-electron chi connectivity index (χ0n) is 11.5. The number of amides is 1. The molecule has 0 aliphatic carbocycles. The van der Waals surface area contributed by atoms with Crippen molar-refractivity contribution in [3.63, 3.8) is 0 Å². The smallest absolute Gasteiger partial charge is 0.322 e. The quantitative estimate of drug-likeness (QED) is 0.877. The second-order valence-electron chi connectivity index (χ2n) is 4.17. The molecule has 6 nitrogen and oxygen atoms in total. The molecule has 0 atom stereocenters. The lowest BCUT2D eigenvalue weighted by Crippen LogP contribution is -2.10. The third kappa shape index (κ3) is 3.57. The van der Waals surface area contributed by atoms with Crippen LogP contribution in [0.2, 0.25) is 0 Å². The Morgan fingerprint density at radius 2 is 2.00 bits per heavy atom. The second-order valence-corrected chi connectivity index (χ2v) is 4.17. The molecule has 1 N–H and O–H groups in total. The standard InChI is InChI=1S/C14H17N3O3/c1-3-5-12(18)15-14-17-16-13(20-14)10-6-8-11(9-7-10)19-4-2/h6-9H,3-5H2,1-2H3,(H,15,17,18). The van der Waals surface area contributed by atoms with E-state index in [-0.39, 0.29) is 11.9 Å². The molecule has 6 heteroatoms. The van der Waals surface area contributed by atoms with Gasteiger partial charge < -0.3 is 9.15 Å². The molecule has 1 amide bonds. The number of ether oxygens (including phenoxy) is 1. The van der Waals surface area contributed by atoms with E-state index in [9.17, 15) is 4.79 Å². The molecular formula is C14H17N3O3. The molecule has 0 saturated heterocycles. The molecule has 2 aromatic rings. The summed E-state index contributed by atoms with van der Waals surface area (Å²) in [6, 6.07) is 7.44. The van der Waals surface area contributed by atoms with E-state index >= 15 is 0 Å². The van der Waals surface area contributed by atoms with Crippen molar-refractivity contribution in [2.24, 2.45) is 0 Å². The first-order chi connectivity index (χ1) is 9.72. The monoisotopic (exact) mass is 275 g/mol. The first-order valence-electron chi connectivity index (χ1n) is 6.59. The van der Waals surface area contributed by atoms with Crippen LogP contribution in [0.3, 0.4) is 0 Å². The van der Waals surface area contributed by atoms with Gasteiger partial charge in [-0.05, 0) is 37.6 Å². The van der Waals surface area contributed by atoms with Crippen LogP contribution in [-0.2, 0) is 4.79 Å². The van der Waals surface area contributed by atoms with Gasteiger partial charge >= 0.3 is 6.01 Å². The van der Waals surface area contributed by atoms with Crippen molar-refractivity contribution < 1.29 is 13.9 Å². The molecule has 1 aromatic carbocycles. The van der Waals surface area contributed by atoms with Gasteiger partial charge in [0.05, 0.1) is 6.61 Å². The molecule has 0 aliphatic heterocycles. The van der Waals surface area contributed by atoms with E-state index in [1.165, 1.54) is 0 Å². The van der Waals surface area contributed by atoms with Gasteiger partial charge in [-0.3, -0.25) is 10.1 Å². The van der Waals surface area contributed by atoms with E-state index in [0.29, 0.717) is 18.9 Å². The van der Waals surface area contributed by atoms with Crippen LogP contribution in [0.25, 0.3) is 11.5 Å². The van der Waals surface area contributed by atoms with Gasteiger partial charge in [-0.15, -0.1) is 5.10 Å². The first kappa shape index (κ1) is 14.0. The van der Waals surface area contributed by atoms with Crippen LogP contribution >= 0.6 is 0 Å². The Morgan fingerprint density at radius 1 is 1.25 bits per heavy atom. The zero-order chi connectivity index (χ0) is 14.4. The minimum atomic E-state index is -0.130. The molecule has 0 aliphatic rings. The Hall–Kier alpha value is -2.37. The number of hydrogen-bond acceptors (Lipinski definition) is 5. The average molecular weight is 275 g/mol. The van der Waals surface area contributed by atoms with Crippen molar-refractivity contribution >= 4 is 11.9 Å². The summed E-state index contributed by atoms with van der Waals surface area (Å²) in [5, 5.41) is 10.3. The number of aromatic nitrogens is 2. The maximum atomic E-state index is 11.4. The molecule has 0 saturated carbocycles. The molecule has 1 aromatic heterocycles. The Kier molecular flexibility index (Phi) is 4.70. The van der Waals surface area contributed by atoms with Crippen LogP contribution in [-0.4, -0.2) is 22.7 Å². The minimum absolute atomic E-state index is 0.118. The van der Waals surface area contributed by atoms with E-state index in [0.717, 1.165) is 17.7 Å². The summed E-state index contributed by atoms with van der Waals surface area (Å²) in [6.45, 7) is 4.48. The molecule has 2 rings (SSSR count). The van der Waals surface area contributed by atoms with Gasteiger partial charge in [0.1, 0.15) is 5.75 Å². The summed E-state index contributed by atoms with van der Waals surface area (Å²) in [5.74, 6) is 1.02. The van der Waals surface area contributed by atoms with Crippen LogP contribution in [0.5, 0.6) is 5.75 Å². The number of carbonyl (C=O) groups is 1. The highest BCUT2D eigenvalue weighted by atomic mass is 16.5. The van der Waals surface area contributed by atoms with E-state index in [1.54, 1.807) is 0 Å². The van der Waals surface area contributed by atoms with Gasteiger partial charge in [0, 0.05) is 12.0 Å². The number of anilines is 1. The number of nitrogens with zero attached hydrogens (tertiary/aromatic N) is 2. The van der Waals surface area contributed by atoms with E-state index in [4.69, 9.17) is 9.15 Å². The number of benzene rings is 1. The summed E-state index contributed by atoms with van der Waals surface area (Å²) >= 11 is 0. The molecular weight excluding hydrogens is 258 g/mol. The fourth-order valence-electron chi connectivity index (χ4n) is 1.66. The molecule has 0 bridgehead atoms. The van der Waals surface area contributed by atoms with Crippen molar-refractivity contribution in [1.29, 1.82) is 0 Å². The summed E-state index contributed by atoms with van der Waals surface area (Å²) in [5.41, 5.74) is 0.775. The fraction of sp³-hybridized carbons (Fsp3) is 0.357. The van der Waals surface area contributed by atoms with Crippen molar-refractivity contribution in [1.82, 2.24) is 10.2 Å². The van der Waals surface area contributed by atoms with Gasteiger partial charge in [-0.1, -0.05) is 12.0 Å². The lowest BCUT2D eigenvalue weighted by Gasteiger charge is -2.02. The summed E-state index contributed by atoms with van der Waals surface area (Å²) in [7, 11) is 0. The van der Waals surface area contributed by atoms with E-state index < -0.39 is 0 Å². The Bertz CT molecular complexity index is 563. The second kappa shape index (κ2) is 6.70. The van der Waals surface area contributed by atoms with Crippen LogP contribution in [0, 0.1) is 0 Å². The molecule has 0 unspecified atom stereocenters. The van der Waals surface area contributed by atoms with Gasteiger partial charge in [0.2, 0.25) is 11.8 Å². The van der Waals surface area contributed by atoms with E-state index in [1.807, 2.05) is 38.1 Å². The third-order valence-electron chi connectivity index (χ3n) is 2.56. The number of hydrogen-bond donors (Lipinski definition) is 1. The zero-order valence-corrected chi connectivity index (χ0v) is 11.5. The first-order valence-corrected chi connectivity index (χ1v) is 6.59. The molecule has 1 heterocycles. The maximum absolute atomic E-state index is 11.4. The summed E-state index contributed by atoms with van der Waals surface area (Å²) in [4.78, 5) is 11.4. The largest absolute Gasteiger partial charge is 0.494 e. The minimum Gasteiger partial charge on any atom is -0.494 e. The lowest BCUT2D eigenvalue weighted by atomic mass is 10.2. The summed E-state index contributed by atoms with van der Waals surface area (Å²) < 4.78 is 10.7. The predicted octanol–water partition coefficient (Wildman–Crippen LogP) is 2.87. The number of rotatable bonds is 6. The third-order valence-corrected chi connectivity index (χ3v) is 2.56. The highest BCUT2D eigenvalue weighted by Gasteiger charge is 2.10. The number of carbonyl (C=O) groups excluding carboxylic acids is 1. The molecule has 20 heavy (non-hydrogen) atoms. The lowest BCUT2D eigenvalue weighted by molar-refractivity contribution is -0.116. The van der Waals surface area contributed by atoms with E-state index in [2.05, 4.69) is 15.5 Å². The topological polar surface area (TPSA) is 77.2 Å². The normalized spacial score (nSPS) is 10.3. The van der Waals surface area contributed by atoms with Crippen LogP contribution in [0.4, 0.5) is 6.01 Å². The molecule has 106 valence electrons. The summed E-state index contributed by atoms with van der Waals surface area (Å²) in [6.07, 6.45) is 1.20. The van der Waals surface area contributed by atoms with Gasteiger partial charge in [0.25, 0.3) is 0 Å². The van der Waals surface area contributed by atoms with Gasteiger partial charge in [0.15, 0.2) is 0 Å². The van der Waals surface area contributed by atoms with Crippen LogP contribution < -0.4 is 10.1 Å². The highest BCUT2D eigenvalue weighted by molar-refractivity contribution is 5.88. The van der Waals surface area contributed by atoms with Crippen molar-refractivity contribution in [3.8, 4) is 17.2 Å².